The summed E-state index contributed by atoms with van der Waals surface area (Å²) in [5.41, 5.74) is 1.19. The standard InChI is InChI=1S/C23H19BrN2O3S/c24-17-4-3-5-18(13-17)29-20-7-2-1-6-19(20)26-22(27)14-25-23(28)16-8-9-21-15(12-16)10-11-30-21/h1-13,22,26-27H,14H2,(H,25,28). The molecule has 0 aliphatic heterocycles. The Balaban J connectivity index is 1.38. The fraction of sp³-hybridized carbons (Fsp3) is 0.0870. The number of aliphatic hydroxyl groups excluding tert-OH is 1. The van der Waals surface area contributed by atoms with Crippen molar-refractivity contribution in [2.24, 2.45) is 0 Å². The van der Waals surface area contributed by atoms with Crippen molar-refractivity contribution < 1.29 is 14.6 Å². The van der Waals surface area contributed by atoms with E-state index in [0.717, 1.165) is 14.6 Å². The van der Waals surface area contributed by atoms with E-state index in [1.807, 2.05) is 72.1 Å². The molecule has 152 valence electrons. The molecule has 7 heteroatoms. The Kier molecular flexibility index (Phi) is 6.32. The normalized spacial score (nSPS) is 11.8. The molecule has 1 unspecified atom stereocenters. The number of para-hydroxylation sites is 2. The second kappa shape index (κ2) is 9.30. The maximum atomic E-state index is 12.4. The monoisotopic (exact) mass is 482 g/mol. The molecule has 5 nitrogen and oxygen atoms in total. The van der Waals surface area contributed by atoms with E-state index < -0.39 is 6.23 Å². The molecule has 1 amide bonds. The number of fused-ring (bicyclic) bond motifs is 1. The zero-order chi connectivity index (χ0) is 20.9. The molecule has 0 radical (unpaired) electrons. The second-order valence-corrected chi connectivity index (χ2v) is 8.46. The molecule has 0 saturated carbocycles. The molecule has 0 spiro atoms. The number of hydrogen-bond acceptors (Lipinski definition) is 5. The van der Waals surface area contributed by atoms with Gasteiger partial charge < -0.3 is 20.5 Å². The van der Waals surface area contributed by atoms with Crippen LogP contribution < -0.4 is 15.4 Å². The minimum atomic E-state index is -0.980. The molecule has 1 atom stereocenters. The lowest BCUT2D eigenvalue weighted by atomic mass is 10.1. The van der Waals surface area contributed by atoms with Crippen molar-refractivity contribution in [1.82, 2.24) is 5.32 Å². The van der Waals surface area contributed by atoms with Crippen LogP contribution in [0.2, 0.25) is 0 Å². The van der Waals surface area contributed by atoms with Gasteiger partial charge in [-0.2, -0.15) is 0 Å². The van der Waals surface area contributed by atoms with Gasteiger partial charge in [-0.15, -0.1) is 11.3 Å². The summed E-state index contributed by atoms with van der Waals surface area (Å²) in [7, 11) is 0. The fourth-order valence-corrected chi connectivity index (χ4v) is 4.11. The predicted octanol–water partition coefficient (Wildman–Crippen LogP) is 5.62. The number of hydrogen-bond donors (Lipinski definition) is 3. The largest absolute Gasteiger partial charge is 0.455 e. The summed E-state index contributed by atoms with van der Waals surface area (Å²) in [6.45, 7) is 0.0473. The second-order valence-electron chi connectivity index (χ2n) is 6.60. The quantitative estimate of drug-likeness (QED) is 0.299. The molecule has 0 saturated heterocycles. The van der Waals surface area contributed by atoms with E-state index >= 15 is 0 Å². The third kappa shape index (κ3) is 4.99. The van der Waals surface area contributed by atoms with Crippen LogP contribution in [0.5, 0.6) is 11.5 Å². The highest BCUT2D eigenvalue weighted by atomic mass is 79.9. The van der Waals surface area contributed by atoms with Gasteiger partial charge >= 0.3 is 0 Å². The number of rotatable bonds is 7. The van der Waals surface area contributed by atoms with Crippen LogP contribution in [0.25, 0.3) is 10.1 Å². The zero-order valence-electron chi connectivity index (χ0n) is 15.8. The minimum Gasteiger partial charge on any atom is -0.455 e. The van der Waals surface area contributed by atoms with Gasteiger partial charge in [0.05, 0.1) is 12.2 Å². The Bertz CT molecular complexity index is 1180. The summed E-state index contributed by atoms with van der Waals surface area (Å²) >= 11 is 5.06. The number of aliphatic hydroxyl groups is 1. The summed E-state index contributed by atoms with van der Waals surface area (Å²) < 4.78 is 7.97. The van der Waals surface area contributed by atoms with Gasteiger partial charge in [0.1, 0.15) is 12.0 Å². The van der Waals surface area contributed by atoms with E-state index in [9.17, 15) is 9.90 Å². The molecule has 3 aromatic carbocycles. The molecule has 0 aliphatic carbocycles. The van der Waals surface area contributed by atoms with E-state index in [4.69, 9.17) is 4.74 Å². The van der Waals surface area contributed by atoms with Gasteiger partial charge in [0.15, 0.2) is 5.75 Å². The third-order valence-corrected chi connectivity index (χ3v) is 5.79. The predicted molar refractivity (Wildman–Crippen MR) is 124 cm³/mol. The maximum absolute atomic E-state index is 12.4. The fourth-order valence-electron chi connectivity index (χ4n) is 2.96. The van der Waals surface area contributed by atoms with E-state index in [-0.39, 0.29) is 12.5 Å². The smallest absolute Gasteiger partial charge is 0.251 e. The van der Waals surface area contributed by atoms with Gasteiger partial charge in [-0.25, -0.2) is 0 Å². The average Bonchev–Trinajstić information content (AvgIpc) is 3.21. The molecule has 0 aliphatic rings. The molecular weight excluding hydrogens is 464 g/mol. The third-order valence-electron chi connectivity index (χ3n) is 4.40. The highest BCUT2D eigenvalue weighted by Gasteiger charge is 2.12. The minimum absolute atomic E-state index is 0.0473. The Morgan fingerprint density at radius 3 is 2.80 bits per heavy atom. The van der Waals surface area contributed by atoms with Crippen molar-refractivity contribution in [2.45, 2.75) is 6.23 Å². The van der Waals surface area contributed by atoms with Crippen LogP contribution in [0.15, 0.2) is 82.6 Å². The van der Waals surface area contributed by atoms with Crippen molar-refractivity contribution in [3.63, 3.8) is 0 Å². The Hall–Kier alpha value is -2.87. The molecular formula is C23H19BrN2O3S. The number of thiophene rings is 1. The number of ether oxygens (including phenoxy) is 1. The number of halogens is 1. The number of benzene rings is 3. The lowest BCUT2D eigenvalue weighted by Gasteiger charge is -2.18. The molecule has 30 heavy (non-hydrogen) atoms. The Morgan fingerprint density at radius 2 is 1.93 bits per heavy atom. The number of nitrogens with one attached hydrogen (secondary N) is 2. The number of carbonyl (C=O) groups is 1. The molecule has 3 N–H and O–H groups in total. The van der Waals surface area contributed by atoms with Gasteiger partial charge in [-0.3, -0.25) is 4.79 Å². The Labute approximate surface area is 186 Å². The van der Waals surface area contributed by atoms with Crippen LogP contribution in [0.1, 0.15) is 10.4 Å². The van der Waals surface area contributed by atoms with E-state index in [1.165, 1.54) is 0 Å². The first-order valence-electron chi connectivity index (χ1n) is 9.31. The lowest BCUT2D eigenvalue weighted by molar-refractivity contribution is 0.0927. The van der Waals surface area contributed by atoms with Gasteiger partial charge in [-0.1, -0.05) is 34.1 Å². The van der Waals surface area contributed by atoms with Gasteiger partial charge in [-0.05, 0) is 65.4 Å². The SMILES string of the molecule is O=C(NCC(O)Nc1ccccc1Oc1cccc(Br)c1)c1ccc2sccc2c1. The van der Waals surface area contributed by atoms with Crippen LogP contribution in [-0.2, 0) is 0 Å². The molecule has 4 aromatic rings. The lowest BCUT2D eigenvalue weighted by Crippen LogP contribution is -2.36. The molecule has 1 aromatic heterocycles. The number of carbonyl (C=O) groups excluding carboxylic acids is 1. The highest BCUT2D eigenvalue weighted by Crippen LogP contribution is 2.30. The van der Waals surface area contributed by atoms with E-state index in [0.29, 0.717) is 22.7 Å². The molecule has 4 rings (SSSR count). The summed E-state index contributed by atoms with van der Waals surface area (Å²) in [6.07, 6.45) is -0.980. The van der Waals surface area contributed by atoms with Crippen LogP contribution in [0.4, 0.5) is 5.69 Å². The molecule has 1 heterocycles. The van der Waals surface area contributed by atoms with Crippen LogP contribution in [0.3, 0.4) is 0 Å². The van der Waals surface area contributed by atoms with Gasteiger partial charge in [0, 0.05) is 14.7 Å². The topological polar surface area (TPSA) is 70.6 Å². The van der Waals surface area contributed by atoms with Crippen molar-refractivity contribution in [1.29, 1.82) is 0 Å². The first-order valence-corrected chi connectivity index (χ1v) is 11.0. The van der Waals surface area contributed by atoms with Crippen LogP contribution >= 0.6 is 27.3 Å². The highest BCUT2D eigenvalue weighted by molar-refractivity contribution is 9.10. The number of anilines is 1. The maximum Gasteiger partial charge on any atom is 0.251 e. The Morgan fingerprint density at radius 1 is 1.07 bits per heavy atom. The van der Waals surface area contributed by atoms with Gasteiger partial charge in [0.2, 0.25) is 0 Å². The first kappa shape index (κ1) is 20.4. The summed E-state index contributed by atoms with van der Waals surface area (Å²) in [4.78, 5) is 12.4. The number of amides is 1. The molecule has 0 fully saturated rings. The van der Waals surface area contributed by atoms with Crippen molar-refractivity contribution in [3.05, 3.63) is 88.2 Å². The van der Waals surface area contributed by atoms with Crippen LogP contribution in [-0.4, -0.2) is 23.8 Å². The van der Waals surface area contributed by atoms with Crippen LogP contribution in [0, 0.1) is 0 Å². The van der Waals surface area contributed by atoms with E-state index in [2.05, 4.69) is 26.6 Å². The van der Waals surface area contributed by atoms with Crippen molar-refractivity contribution >= 4 is 48.9 Å². The average molecular weight is 483 g/mol. The summed E-state index contributed by atoms with van der Waals surface area (Å²) in [5, 5.41) is 19.2. The summed E-state index contributed by atoms with van der Waals surface area (Å²) in [5.74, 6) is 1.01. The van der Waals surface area contributed by atoms with Gasteiger partial charge in [0.25, 0.3) is 5.91 Å². The summed E-state index contributed by atoms with van der Waals surface area (Å²) in [6, 6.07) is 22.4. The van der Waals surface area contributed by atoms with Crippen molar-refractivity contribution in [2.75, 3.05) is 11.9 Å². The van der Waals surface area contributed by atoms with E-state index in [1.54, 1.807) is 17.4 Å². The first-order chi connectivity index (χ1) is 14.6. The molecule has 0 bridgehead atoms. The van der Waals surface area contributed by atoms with Crippen molar-refractivity contribution in [3.8, 4) is 11.5 Å². The zero-order valence-corrected chi connectivity index (χ0v) is 18.2.